The molecule has 5 heteroatoms. The van der Waals surface area contributed by atoms with Gasteiger partial charge in [0.15, 0.2) is 0 Å². The number of amides is 1. The van der Waals surface area contributed by atoms with Gasteiger partial charge >= 0.3 is 0 Å². The van der Waals surface area contributed by atoms with Crippen LogP contribution in [0.2, 0.25) is 0 Å². The van der Waals surface area contributed by atoms with Gasteiger partial charge in [0.25, 0.3) is 0 Å². The molecular formula is C15H18N2O2S. The average molecular weight is 290 g/mol. The average Bonchev–Trinajstić information content (AvgIpc) is 2.89. The number of aromatic nitrogens is 1. The van der Waals surface area contributed by atoms with Gasteiger partial charge in [-0.1, -0.05) is 12.1 Å². The normalized spacial score (nSPS) is 10.3. The lowest BCUT2D eigenvalue weighted by molar-refractivity contribution is -0.121. The number of hydrogen-bond acceptors (Lipinski definition) is 4. The van der Waals surface area contributed by atoms with Gasteiger partial charge in [-0.25, -0.2) is 4.98 Å². The number of methoxy groups -OCH3 is 1. The van der Waals surface area contributed by atoms with Gasteiger partial charge in [0.2, 0.25) is 5.91 Å². The summed E-state index contributed by atoms with van der Waals surface area (Å²) in [5, 5.41) is 5.81. The minimum absolute atomic E-state index is 0.0423. The third kappa shape index (κ3) is 4.35. The number of benzene rings is 1. The molecule has 0 saturated heterocycles. The van der Waals surface area contributed by atoms with Crippen molar-refractivity contribution in [2.45, 2.75) is 26.3 Å². The Hall–Kier alpha value is -1.88. The molecule has 0 atom stereocenters. The first-order valence-corrected chi connectivity index (χ1v) is 7.36. The van der Waals surface area contributed by atoms with Crippen molar-refractivity contribution in [3.63, 3.8) is 0 Å². The molecule has 20 heavy (non-hydrogen) atoms. The van der Waals surface area contributed by atoms with E-state index < -0.39 is 0 Å². The smallest absolute Gasteiger partial charge is 0.220 e. The van der Waals surface area contributed by atoms with Crippen LogP contribution in [0.5, 0.6) is 5.75 Å². The molecule has 2 aromatic rings. The van der Waals surface area contributed by atoms with Crippen molar-refractivity contribution in [2.75, 3.05) is 7.11 Å². The van der Waals surface area contributed by atoms with Gasteiger partial charge in [0.1, 0.15) is 10.8 Å². The first-order chi connectivity index (χ1) is 9.67. The summed E-state index contributed by atoms with van der Waals surface area (Å²) < 4.78 is 5.16. The fraction of sp³-hybridized carbons (Fsp3) is 0.333. The monoisotopic (exact) mass is 290 g/mol. The maximum absolute atomic E-state index is 11.8. The summed E-state index contributed by atoms with van der Waals surface area (Å²) >= 11 is 1.57. The van der Waals surface area contributed by atoms with E-state index in [1.54, 1.807) is 18.4 Å². The summed E-state index contributed by atoms with van der Waals surface area (Å²) in [5.74, 6) is 0.863. The van der Waals surface area contributed by atoms with Crippen molar-refractivity contribution in [1.82, 2.24) is 10.3 Å². The quantitative estimate of drug-likeness (QED) is 0.890. The van der Waals surface area contributed by atoms with Crippen LogP contribution in [-0.2, 0) is 17.8 Å². The Morgan fingerprint density at radius 1 is 1.45 bits per heavy atom. The SMILES string of the molecule is COc1cccc(CCC(=O)NCc2nc(C)cs2)c1. The molecule has 106 valence electrons. The van der Waals surface area contributed by atoms with E-state index >= 15 is 0 Å². The Bertz CT molecular complexity index is 581. The molecule has 4 nitrogen and oxygen atoms in total. The summed E-state index contributed by atoms with van der Waals surface area (Å²) in [6.45, 7) is 2.46. The highest BCUT2D eigenvalue weighted by Crippen LogP contribution is 2.14. The van der Waals surface area contributed by atoms with Crippen LogP contribution in [0.1, 0.15) is 22.7 Å². The lowest BCUT2D eigenvalue weighted by Crippen LogP contribution is -2.22. The molecule has 0 aliphatic carbocycles. The third-order valence-electron chi connectivity index (χ3n) is 2.88. The molecule has 0 aliphatic rings. The molecule has 0 spiro atoms. The number of nitrogens with one attached hydrogen (secondary N) is 1. The minimum Gasteiger partial charge on any atom is -0.497 e. The summed E-state index contributed by atoms with van der Waals surface area (Å²) in [6, 6.07) is 7.79. The summed E-state index contributed by atoms with van der Waals surface area (Å²) in [7, 11) is 1.64. The second-order valence-corrected chi connectivity index (χ2v) is 5.45. The van der Waals surface area contributed by atoms with Crippen LogP contribution in [0, 0.1) is 6.92 Å². The Kier molecular flexibility index (Phi) is 5.12. The lowest BCUT2D eigenvalue weighted by Gasteiger charge is -2.05. The summed E-state index contributed by atoms with van der Waals surface area (Å²) in [6.07, 6.45) is 1.18. The van der Waals surface area contributed by atoms with Crippen molar-refractivity contribution < 1.29 is 9.53 Å². The van der Waals surface area contributed by atoms with Crippen LogP contribution in [-0.4, -0.2) is 18.0 Å². The van der Waals surface area contributed by atoms with Gasteiger partial charge in [-0.05, 0) is 31.0 Å². The Balaban J connectivity index is 1.77. The molecule has 0 fully saturated rings. The van der Waals surface area contributed by atoms with E-state index in [2.05, 4.69) is 10.3 Å². The van der Waals surface area contributed by atoms with E-state index in [0.29, 0.717) is 19.4 Å². The largest absolute Gasteiger partial charge is 0.497 e. The van der Waals surface area contributed by atoms with Crippen molar-refractivity contribution in [2.24, 2.45) is 0 Å². The number of ether oxygens (including phenoxy) is 1. The number of aryl methyl sites for hydroxylation is 2. The fourth-order valence-electron chi connectivity index (χ4n) is 1.83. The van der Waals surface area contributed by atoms with Gasteiger partial charge in [-0.15, -0.1) is 11.3 Å². The first-order valence-electron chi connectivity index (χ1n) is 6.48. The molecule has 1 N–H and O–H groups in total. The van der Waals surface area contributed by atoms with Crippen molar-refractivity contribution in [3.8, 4) is 5.75 Å². The number of hydrogen-bond donors (Lipinski definition) is 1. The number of rotatable bonds is 6. The minimum atomic E-state index is 0.0423. The van der Waals surface area contributed by atoms with Gasteiger partial charge in [0.05, 0.1) is 13.7 Å². The number of thiazole rings is 1. The van der Waals surface area contributed by atoms with Gasteiger partial charge in [-0.2, -0.15) is 0 Å². The zero-order chi connectivity index (χ0) is 14.4. The number of nitrogens with zero attached hydrogens (tertiary/aromatic N) is 1. The molecule has 0 aliphatic heterocycles. The zero-order valence-electron chi connectivity index (χ0n) is 11.7. The molecule has 1 aromatic carbocycles. The Labute approximate surface area is 122 Å². The van der Waals surface area contributed by atoms with Crippen molar-refractivity contribution >= 4 is 17.2 Å². The highest BCUT2D eigenvalue weighted by molar-refractivity contribution is 7.09. The van der Waals surface area contributed by atoms with E-state index in [0.717, 1.165) is 22.0 Å². The fourth-order valence-corrected chi connectivity index (χ4v) is 2.54. The van der Waals surface area contributed by atoms with Crippen molar-refractivity contribution in [3.05, 3.63) is 45.9 Å². The number of carbonyl (C=O) groups is 1. The molecule has 0 bridgehead atoms. The molecule has 0 unspecified atom stereocenters. The van der Waals surface area contributed by atoms with Crippen LogP contribution in [0.3, 0.4) is 0 Å². The Morgan fingerprint density at radius 2 is 2.30 bits per heavy atom. The third-order valence-corrected chi connectivity index (χ3v) is 3.84. The van der Waals surface area contributed by atoms with E-state index in [9.17, 15) is 4.79 Å². The van der Waals surface area contributed by atoms with Gasteiger partial charge in [0, 0.05) is 17.5 Å². The zero-order valence-corrected chi connectivity index (χ0v) is 12.5. The van der Waals surface area contributed by atoms with Crippen LogP contribution in [0.4, 0.5) is 0 Å². The molecular weight excluding hydrogens is 272 g/mol. The lowest BCUT2D eigenvalue weighted by atomic mass is 10.1. The molecule has 1 heterocycles. The predicted molar refractivity (Wildman–Crippen MR) is 80.0 cm³/mol. The first kappa shape index (κ1) is 14.5. The van der Waals surface area contributed by atoms with Gasteiger partial charge < -0.3 is 10.1 Å². The second-order valence-electron chi connectivity index (χ2n) is 4.51. The van der Waals surface area contributed by atoms with E-state index in [1.807, 2.05) is 36.6 Å². The van der Waals surface area contributed by atoms with Crippen LogP contribution >= 0.6 is 11.3 Å². The van der Waals surface area contributed by atoms with Crippen LogP contribution in [0.25, 0.3) is 0 Å². The maximum Gasteiger partial charge on any atom is 0.220 e. The highest BCUT2D eigenvalue weighted by atomic mass is 32.1. The highest BCUT2D eigenvalue weighted by Gasteiger charge is 2.05. The molecule has 0 saturated carbocycles. The maximum atomic E-state index is 11.8. The molecule has 2 rings (SSSR count). The van der Waals surface area contributed by atoms with Crippen molar-refractivity contribution in [1.29, 1.82) is 0 Å². The topological polar surface area (TPSA) is 51.2 Å². The van der Waals surface area contributed by atoms with E-state index in [-0.39, 0.29) is 5.91 Å². The van der Waals surface area contributed by atoms with E-state index in [1.165, 1.54) is 0 Å². The Morgan fingerprint density at radius 3 is 3.00 bits per heavy atom. The molecule has 1 aromatic heterocycles. The summed E-state index contributed by atoms with van der Waals surface area (Å²) in [4.78, 5) is 16.1. The summed E-state index contributed by atoms with van der Waals surface area (Å²) in [5.41, 5.74) is 2.10. The molecule has 0 radical (unpaired) electrons. The number of carbonyl (C=O) groups excluding carboxylic acids is 1. The van der Waals surface area contributed by atoms with Gasteiger partial charge in [-0.3, -0.25) is 4.79 Å². The van der Waals surface area contributed by atoms with Crippen LogP contribution in [0.15, 0.2) is 29.6 Å². The molecule has 1 amide bonds. The predicted octanol–water partition coefficient (Wildman–Crippen LogP) is 2.71. The van der Waals surface area contributed by atoms with E-state index in [4.69, 9.17) is 4.74 Å². The standard InChI is InChI=1S/C15H18N2O2S/c1-11-10-20-15(17-11)9-16-14(18)7-6-12-4-3-5-13(8-12)19-2/h3-5,8,10H,6-7,9H2,1-2H3,(H,16,18). The second kappa shape index (κ2) is 7.05. The van der Waals surface area contributed by atoms with Crippen LogP contribution < -0.4 is 10.1 Å².